The number of carboxylic acid groups (broad SMARTS) is 1. The van der Waals surface area contributed by atoms with Crippen molar-refractivity contribution in [2.24, 2.45) is 0 Å². The van der Waals surface area contributed by atoms with E-state index in [1.807, 2.05) is 0 Å². The zero-order valence-electron chi connectivity index (χ0n) is 15.8. The Kier molecular flexibility index (Phi) is 5.63. The molecule has 7 nitrogen and oxygen atoms in total. The summed E-state index contributed by atoms with van der Waals surface area (Å²) in [5, 5.41) is 11.8. The molecule has 3 rings (SSSR count). The van der Waals surface area contributed by atoms with Gasteiger partial charge in [-0.25, -0.2) is 18.8 Å². The molecule has 2 aromatic rings. The summed E-state index contributed by atoms with van der Waals surface area (Å²) in [7, 11) is 0. The number of ether oxygens (including phenoxy) is 1. The zero-order valence-corrected chi connectivity index (χ0v) is 15.8. The Bertz CT molecular complexity index is 983. The molecular weight excluding hydrogens is 379 g/mol. The molecule has 150 valence electrons. The van der Waals surface area contributed by atoms with Gasteiger partial charge in [-0.15, -0.1) is 0 Å². The Balaban J connectivity index is 2.09. The molecule has 1 aliphatic rings. The quantitative estimate of drug-likeness (QED) is 0.750. The second-order valence-corrected chi connectivity index (χ2v) is 6.34. The molecule has 2 amide bonds. The van der Waals surface area contributed by atoms with E-state index < -0.39 is 29.8 Å². The molecular formula is C21H19FN2O5. The highest BCUT2D eigenvalue weighted by atomic mass is 19.1. The fourth-order valence-electron chi connectivity index (χ4n) is 3.19. The molecule has 2 aromatic carbocycles. The lowest BCUT2D eigenvalue weighted by Crippen LogP contribution is -2.48. The number of hydrogen-bond donors (Lipinski definition) is 2. The molecule has 2 N–H and O–H groups in total. The monoisotopic (exact) mass is 398 g/mol. The number of hydrogen-bond acceptors (Lipinski definition) is 4. The predicted molar refractivity (Wildman–Crippen MR) is 103 cm³/mol. The summed E-state index contributed by atoms with van der Waals surface area (Å²) in [6, 6.07) is 9.86. The molecule has 0 spiro atoms. The van der Waals surface area contributed by atoms with E-state index in [-0.39, 0.29) is 17.7 Å². The van der Waals surface area contributed by atoms with E-state index in [1.165, 1.54) is 53.4 Å². The number of rotatable bonds is 5. The molecule has 0 unspecified atom stereocenters. The van der Waals surface area contributed by atoms with Crippen LogP contribution >= 0.6 is 0 Å². The smallest absolute Gasteiger partial charge is 0.338 e. The van der Waals surface area contributed by atoms with Crippen molar-refractivity contribution in [3.8, 4) is 0 Å². The van der Waals surface area contributed by atoms with Gasteiger partial charge >= 0.3 is 18.0 Å². The maximum atomic E-state index is 13.3. The van der Waals surface area contributed by atoms with Gasteiger partial charge in [-0.2, -0.15) is 0 Å². The van der Waals surface area contributed by atoms with Crippen molar-refractivity contribution in [2.45, 2.75) is 19.9 Å². The predicted octanol–water partition coefficient (Wildman–Crippen LogP) is 3.63. The zero-order chi connectivity index (χ0) is 21.1. The summed E-state index contributed by atoms with van der Waals surface area (Å²) in [6.07, 6.45) is 0. The standard InChI is InChI=1S/C21H19FN2O5/c1-3-29-20(27)17-12(2)24(16-10-6-14(7-11-16)19(25)26)21(28)23-18(17)13-4-8-15(22)9-5-13/h4-11,18H,3H2,1-2H3,(H,23,28)(H,25,26)/t18-/m1/s1. The van der Waals surface area contributed by atoms with Gasteiger partial charge < -0.3 is 15.2 Å². The molecule has 0 saturated carbocycles. The van der Waals surface area contributed by atoms with Crippen LogP contribution in [0.2, 0.25) is 0 Å². The van der Waals surface area contributed by atoms with Crippen molar-refractivity contribution in [3.63, 3.8) is 0 Å². The Morgan fingerprint density at radius 1 is 1.14 bits per heavy atom. The molecule has 8 heteroatoms. The van der Waals surface area contributed by atoms with E-state index in [9.17, 15) is 18.8 Å². The van der Waals surface area contributed by atoms with Gasteiger partial charge in [0.25, 0.3) is 0 Å². The van der Waals surface area contributed by atoms with Gasteiger partial charge in [0, 0.05) is 5.70 Å². The van der Waals surface area contributed by atoms with Gasteiger partial charge in [-0.05, 0) is 55.8 Å². The summed E-state index contributed by atoms with van der Waals surface area (Å²) < 4.78 is 18.5. The van der Waals surface area contributed by atoms with Crippen molar-refractivity contribution in [2.75, 3.05) is 11.5 Å². The SMILES string of the molecule is CCOC(=O)C1=C(C)N(c2ccc(C(=O)O)cc2)C(=O)N[C@@H]1c1ccc(F)cc1. The minimum atomic E-state index is -1.09. The second kappa shape index (κ2) is 8.14. The number of amides is 2. The normalized spacial score (nSPS) is 16.4. The number of carbonyl (C=O) groups excluding carboxylic acids is 2. The molecule has 0 aliphatic carbocycles. The maximum Gasteiger partial charge on any atom is 0.338 e. The molecule has 0 aromatic heterocycles. The van der Waals surface area contributed by atoms with Gasteiger partial charge in [0.05, 0.1) is 29.5 Å². The molecule has 1 atom stereocenters. The third-order valence-electron chi connectivity index (χ3n) is 4.56. The lowest BCUT2D eigenvalue weighted by molar-refractivity contribution is -0.139. The lowest BCUT2D eigenvalue weighted by Gasteiger charge is -2.35. The van der Waals surface area contributed by atoms with Crippen molar-refractivity contribution in [1.82, 2.24) is 5.32 Å². The van der Waals surface area contributed by atoms with Crippen LogP contribution in [-0.2, 0) is 9.53 Å². The number of urea groups is 1. The molecule has 1 aliphatic heterocycles. The van der Waals surface area contributed by atoms with Crippen molar-refractivity contribution in [3.05, 3.63) is 76.7 Å². The van der Waals surface area contributed by atoms with Gasteiger partial charge in [-0.3, -0.25) is 4.90 Å². The average Bonchev–Trinajstić information content (AvgIpc) is 2.68. The Labute approximate surface area is 166 Å². The summed E-state index contributed by atoms with van der Waals surface area (Å²) in [5.74, 6) is -2.13. The molecule has 0 fully saturated rings. The first kappa shape index (κ1) is 20.1. The van der Waals surface area contributed by atoms with Crippen LogP contribution in [0.4, 0.5) is 14.9 Å². The summed E-state index contributed by atoms with van der Waals surface area (Å²) in [4.78, 5) is 37.9. The van der Waals surface area contributed by atoms with E-state index in [1.54, 1.807) is 13.8 Å². The number of halogens is 1. The summed E-state index contributed by atoms with van der Waals surface area (Å²) in [5.41, 5.74) is 1.54. The highest BCUT2D eigenvalue weighted by molar-refractivity contribution is 6.03. The number of carboxylic acids is 1. The molecule has 0 bridgehead atoms. The van der Waals surface area contributed by atoms with Gasteiger partial charge in [-0.1, -0.05) is 12.1 Å². The van der Waals surface area contributed by atoms with Crippen LogP contribution in [0, 0.1) is 5.82 Å². The molecule has 29 heavy (non-hydrogen) atoms. The Morgan fingerprint density at radius 2 is 1.76 bits per heavy atom. The highest BCUT2D eigenvalue weighted by Crippen LogP contribution is 2.34. The van der Waals surface area contributed by atoms with Gasteiger partial charge in [0.1, 0.15) is 5.82 Å². The van der Waals surface area contributed by atoms with Crippen LogP contribution in [0.15, 0.2) is 59.8 Å². The minimum absolute atomic E-state index is 0.0719. The Morgan fingerprint density at radius 3 is 2.31 bits per heavy atom. The van der Waals surface area contributed by atoms with E-state index >= 15 is 0 Å². The fraction of sp³-hybridized carbons (Fsp3) is 0.190. The number of anilines is 1. The van der Waals surface area contributed by atoms with Crippen LogP contribution in [0.25, 0.3) is 0 Å². The van der Waals surface area contributed by atoms with Crippen LogP contribution in [0.5, 0.6) is 0 Å². The van der Waals surface area contributed by atoms with Crippen molar-refractivity contribution < 1.29 is 28.6 Å². The number of carbonyl (C=O) groups is 3. The second-order valence-electron chi connectivity index (χ2n) is 6.34. The van der Waals surface area contributed by atoms with Crippen LogP contribution < -0.4 is 10.2 Å². The third kappa shape index (κ3) is 3.96. The molecule has 1 heterocycles. The number of aromatic carboxylic acids is 1. The topological polar surface area (TPSA) is 95.9 Å². The number of allylic oxidation sites excluding steroid dienone is 1. The number of nitrogens with one attached hydrogen (secondary N) is 1. The van der Waals surface area contributed by atoms with Gasteiger partial charge in [0.2, 0.25) is 0 Å². The van der Waals surface area contributed by atoms with Crippen molar-refractivity contribution in [1.29, 1.82) is 0 Å². The van der Waals surface area contributed by atoms with E-state index in [0.717, 1.165) is 0 Å². The maximum absolute atomic E-state index is 13.3. The highest BCUT2D eigenvalue weighted by Gasteiger charge is 2.37. The number of nitrogens with zero attached hydrogens (tertiary/aromatic N) is 1. The summed E-state index contributed by atoms with van der Waals surface area (Å²) in [6.45, 7) is 3.42. The first-order valence-electron chi connectivity index (χ1n) is 8.90. The van der Waals surface area contributed by atoms with E-state index in [4.69, 9.17) is 9.84 Å². The number of benzene rings is 2. The first-order valence-corrected chi connectivity index (χ1v) is 8.90. The van der Waals surface area contributed by atoms with E-state index in [0.29, 0.717) is 16.9 Å². The van der Waals surface area contributed by atoms with Crippen LogP contribution in [0.1, 0.15) is 35.8 Å². The molecule has 0 radical (unpaired) electrons. The summed E-state index contributed by atoms with van der Waals surface area (Å²) >= 11 is 0. The lowest BCUT2D eigenvalue weighted by atomic mass is 9.94. The fourth-order valence-corrected chi connectivity index (χ4v) is 3.19. The van der Waals surface area contributed by atoms with E-state index in [2.05, 4.69) is 5.32 Å². The van der Waals surface area contributed by atoms with Crippen molar-refractivity contribution >= 4 is 23.7 Å². The largest absolute Gasteiger partial charge is 0.478 e. The average molecular weight is 398 g/mol. The van der Waals surface area contributed by atoms with Crippen LogP contribution in [0.3, 0.4) is 0 Å². The number of esters is 1. The minimum Gasteiger partial charge on any atom is -0.478 e. The third-order valence-corrected chi connectivity index (χ3v) is 4.56. The first-order chi connectivity index (χ1) is 13.8. The van der Waals surface area contributed by atoms with Gasteiger partial charge in [0.15, 0.2) is 0 Å². The molecule has 0 saturated heterocycles. The Hall–Kier alpha value is -3.68. The van der Waals surface area contributed by atoms with Crippen LogP contribution in [-0.4, -0.2) is 29.7 Å².